The van der Waals surface area contributed by atoms with Crippen LogP contribution in [0, 0.1) is 18.6 Å². The molecule has 0 spiro atoms. The van der Waals surface area contributed by atoms with Crippen LogP contribution in [0.15, 0.2) is 54.6 Å². The van der Waals surface area contributed by atoms with Crippen molar-refractivity contribution in [2.45, 2.75) is 26.9 Å². The summed E-state index contributed by atoms with van der Waals surface area (Å²) < 4.78 is 28.4. The Bertz CT molecular complexity index is 1510. The summed E-state index contributed by atoms with van der Waals surface area (Å²) in [6.45, 7) is 5.65. The average Bonchev–Trinajstić information content (AvgIpc) is 3.45. The Morgan fingerprint density at radius 3 is 2.49 bits per heavy atom. The van der Waals surface area contributed by atoms with Gasteiger partial charge in [0.2, 0.25) is 0 Å². The molecular weight excluding hydrogens is 476 g/mol. The van der Waals surface area contributed by atoms with Crippen LogP contribution in [-0.4, -0.2) is 28.3 Å². The van der Waals surface area contributed by atoms with Crippen molar-refractivity contribution in [2.75, 3.05) is 11.9 Å². The highest BCUT2D eigenvalue weighted by atomic mass is 19.1. The van der Waals surface area contributed by atoms with E-state index in [9.17, 15) is 14.0 Å². The number of anilines is 1. The van der Waals surface area contributed by atoms with Gasteiger partial charge in [-0.15, -0.1) is 0 Å². The number of carbonyl (C=O) groups excluding carboxylic acids is 2. The van der Waals surface area contributed by atoms with Gasteiger partial charge >= 0.3 is 0 Å². The lowest BCUT2D eigenvalue weighted by Gasteiger charge is -2.13. The highest BCUT2D eigenvalue weighted by Gasteiger charge is 2.28. The number of hydrogen-bond donors (Lipinski definition) is 4. The van der Waals surface area contributed by atoms with Crippen molar-refractivity contribution >= 4 is 17.5 Å². The van der Waals surface area contributed by atoms with Gasteiger partial charge in [-0.2, -0.15) is 0 Å². The molecule has 5 rings (SSSR count). The molecular formula is C28H25F2N5O2. The summed E-state index contributed by atoms with van der Waals surface area (Å²) in [4.78, 5) is 33.2. The lowest BCUT2D eigenvalue weighted by molar-refractivity contribution is 0.0965. The Morgan fingerprint density at radius 2 is 1.76 bits per heavy atom. The topological polar surface area (TPSA) is 98.9 Å². The van der Waals surface area contributed by atoms with Gasteiger partial charge in [-0.3, -0.25) is 9.59 Å². The second kappa shape index (κ2) is 9.94. The predicted octanol–water partition coefficient (Wildman–Crippen LogP) is 4.94. The molecule has 188 valence electrons. The zero-order valence-corrected chi connectivity index (χ0v) is 20.3. The van der Waals surface area contributed by atoms with Crippen LogP contribution in [0.2, 0.25) is 0 Å². The number of aromatic amines is 1. The molecule has 1 aliphatic rings. The van der Waals surface area contributed by atoms with E-state index in [-0.39, 0.29) is 23.7 Å². The molecule has 7 nitrogen and oxygen atoms in total. The lowest BCUT2D eigenvalue weighted by Crippen LogP contribution is -2.13. The molecule has 0 bridgehead atoms. The van der Waals surface area contributed by atoms with Gasteiger partial charge in [-0.1, -0.05) is 13.0 Å². The quantitative estimate of drug-likeness (QED) is 0.288. The summed E-state index contributed by atoms with van der Waals surface area (Å²) >= 11 is 0. The van der Waals surface area contributed by atoms with Gasteiger partial charge in [0.25, 0.3) is 11.8 Å². The molecule has 9 heteroatoms. The van der Waals surface area contributed by atoms with E-state index < -0.39 is 17.5 Å². The van der Waals surface area contributed by atoms with Crippen LogP contribution < -0.4 is 16.0 Å². The van der Waals surface area contributed by atoms with Gasteiger partial charge in [0.1, 0.15) is 17.5 Å². The highest BCUT2D eigenvalue weighted by molar-refractivity contribution is 6.06. The summed E-state index contributed by atoms with van der Waals surface area (Å²) in [5, 5.41) is 8.72. The maximum absolute atomic E-state index is 15.3. The van der Waals surface area contributed by atoms with Crippen LogP contribution in [0.4, 0.5) is 14.5 Å². The maximum Gasteiger partial charge on any atom is 0.255 e. The molecule has 0 unspecified atom stereocenters. The number of nitrogens with zero attached hydrogens (tertiary/aromatic N) is 1. The van der Waals surface area contributed by atoms with Gasteiger partial charge < -0.3 is 20.9 Å². The number of nitrogens with one attached hydrogen (secondary N) is 4. The summed E-state index contributed by atoms with van der Waals surface area (Å²) in [6.07, 6.45) is 0. The second-order valence-corrected chi connectivity index (χ2v) is 8.79. The number of aromatic nitrogens is 2. The number of H-pyrrole nitrogens is 1. The maximum atomic E-state index is 15.3. The van der Waals surface area contributed by atoms with Crippen molar-refractivity contribution in [1.82, 2.24) is 20.6 Å². The Morgan fingerprint density at radius 1 is 1.03 bits per heavy atom. The first-order chi connectivity index (χ1) is 17.9. The second-order valence-electron chi connectivity index (χ2n) is 8.79. The minimum absolute atomic E-state index is 0.238. The van der Waals surface area contributed by atoms with Crippen molar-refractivity contribution < 1.29 is 18.4 Å². The molecule has 3 aromatic carbocycles. The SMILES string of the molecule is CCNCc1nc(-c2ccc(-c3ccc(NC(=O)c4ccc(F)cc4)cc3F)c3c2C(=O)NC3)[nH]c1C. The van der Waals surface area contributed by atoms with Crippen molar-refractivity contribution in [2.24, 2.45) is 0 Å². The fourth-order valence-electron chi connectivity index (χ4n) is 4.45. The smallest absolute Gasteiger partial charge is 0.255 e. The molecule has 2 heterocycles. The van der Waals surface area contributed by atoms with Crippen molar-refractivity contribution in [1.29, 1.82) is 0 Å². The molecule has 0 saturated carbocycles. The molecule has 0 atom stereocenters. The summed E-state index contributed by atoms with van der Waals surface area (Å²) in [5.74, 6) is -1.13. The van der Waals surface area contributed by atoms with Crippen LogP contribution >= 0.6 is 0 Å². The standard InChI is InChI=1S/C28H25F2N5O2/c1-3-31-14-24-15(2)33-26(35-24)21-11-10-19(22-13-32-28(37)25(21)22)20-9-8-18(12-23(20)30)34-27(36)16-4-6-17(29)7-5-16/h4-12,31H,3,13-14H2,1-2H3,(H,32,37)(H,33,35)(H,34,36). The van der Waals surface area contributed by atoms with E-state index in [2.05, 4.69) is 25.9 Å². The molecule has 4 aromatic rings. The van der Waals surface area contributed by atoms with Crippen LogP contribution in [0.3, 0.4) is 0 Å². The van der Waals surface area contributed by atoms with E-state index in [1.165, 1.54) is 30.3 Å². The minimum atomic E-state index is -0.548. The molecule has 0 aliphatic carbocycles. The van der Waals surface area contributed by atoms with E-state index in [0.29, 0.717) is 40.2 Å². The van der Waals surface area contributed by atoms with Gasteiger partial charge in [-0.25, -0.2) is 13.8 Å². The molecule has 2 amide bonds. The molecule has 0 fully saturated rings. The van der Waals surface area contributed by atoms with E-state index in [0.717, 1.165) is 17.9 Å². The number of hydrogen-bond acceptors (Lipinski definition) is 4. The molecule has 4 N–H and O–H groups in total. The number of rotatable bonds is 7. The molecule has 1 aliphatic heterocycles. The molecule has 37 heavy (non-hydrogen) atoms. The van der Waals surface area contributed by atoms with Gasteiger partial charge in [0.05, 0.1) is 11.3 Å². The fourth-order valence-corrected chi connectivity index (χ4v) is 4.45. The van der Waals surface area contributed by atoms with Gasteiger partial charge in [-0.05, 0) is 73.1 Å². The van der Waals surface area contributed by atoms with Crippen LogP contribution in [0.5, 0.6) is 0 Å². The van der Waals surface area contributed by atoms with Crippen molar-refractivity contribution in [3.8, 4) is 22.5 Å². The van der Waals surface area contributed by atoms with E-state index >= 15 is 4.39 Å². The third-order valence-electron chi connectivity index (χ3n) is 6.37. The first kappa shape index (κ1) is 24.3. The summed E-state index contributed by atoms with van der Waals surface area (Å²) in [6, 6.07) is 13.0. The minimum Gasteiger partial charge on any atom is -0.348 e. The predicted molar refractivity (Wildman–Crippen MR) is 137 cm³/mol. The van der Waals surface area contributed by atoms with Crippen LogP contribution in [-0.2, 0) is 13.1 Å². The average molecular weight is 502 g/mol. The number of halogens is 2. The third-order valence-corrected chi connectivity index (χ3v) is 6.37. The first-order valence-electron chi connectivity index (χ1n) is 11.9. The van der Waals surface area contributed by atoms with E-state index in [1.807, 2.05) is 13.8 Å². The number of fused-ring (bicyclic) bond motifs is 1. The normalized spacial score (nSPS) is 12.4. The Kier molecular flexibility index (Phi) is 6.54. The van der Waals surface area contributed by atoms with Crippen LogP contribution in [0.1, 0.15) is 44.6 Å². The zero-order chi connectivity index (χ0) is 26.1. The van der Waals surface area contributed by atoms with E-state index in [1.54, 1.807) is 24.3 Å². The Hall–Kier alpha value is -4.37. The number of imidazole rings is 1. The zero-order valence-electron chi connectivity index (χ0n) is 20.3. The third kappa shape index (κ3) is 4.73. The first-order valence-corrected chi connectivity index (χ1v) is 11.9. The largest absolute Gasteiger partial charge is 0.348 e. The number of aryl methyl sites for hydroxylation is 1. The van der Waals surface area contributed by atoms with Gasteiger partial charge in [0, 0.05) is 41.2 Å². The summed E-state index contributed by atoms with van der Waals surface area (Å²) in [7, 11) is 0. The van der Waals surface area contributed by atoms with Crippen LogP contribution in [0.25, 0.3) is 22.5 Å². The molecule has 0 radical (unpaired) electrons. The fraction of sp³-hybridized carbons (Fsp3) is 0.179. The Labute approximate surface area is 212 Å². The van der Waals surface area contributed by atoms with E-state index in [4.69, 9.17) is 0 Å². The van der Waals surface area contributed by atoms with Crippen molar-refractivity contribution in [3.05, 3.63) is 94.3 Å². The van der Waals surface area contributed by atoms with Gasteiger partial charge in [0.15, 0.2) is 0 Å². The molecule has 1 aromatic heterocycles. The number of carbonyl (C=O) groups is 2. The monoisotopic (exact) mass is 501 g/mol. The number of benzene rings is 3. The number of amides is 2. The Balaban J connectivity index is 1.46. The highest BCUT2D eigenvalue weighted by Crippen LogP contribution is 2.37. The summed E-state index contributed by atoms with van der Waals surface area (Å²) in [5.41, 5.74) is 5.01. The lowest BCUT2D eigenvalue weighted by atomic mass is 9.92. The van der Waals surface area contributed by atoms with Crippen molar-refractivity contribution in [3.63, 3.8) is 0 Å². The molecule has 0 saturated heterocycles.